The average Bonchev–Trinajstić information content (AvgIpc) is 2.39. The molecule has 1 aromatic carbocycles. The molecule has 0 bridgehead atoms. The van der Waals surface area contributed by atoms with Crippen LogP contribution in [0.2, 0.25) is 0 Å². The summed E-state index contributed by atoms with van der Waals surface area (Å²) in [6.07, 6.45) is 0.267. The number of carbonyl (C=O) groups is 2. The van der Waals surface area contributed by atoms with Crippen molar-refractivity contribution in [2.45, 2.75) is 20.3 Å². The van der Waals surface area contributed by atoms with E-state index in [9.17, 15) is 9.59 Å². The quantitative estimate of drug-likeness (QED) is 0.593. The molecule has 5 heteroatoms. The van der Waals surface area contributed by atoms with Crippen LogP contribution < -0.4 is 9.47 Å². The predicted octanol–water partition coefficient (Wildman–Crippen LogP) is 2.19. The van der Waals surface area contributed by atoms with Crippen LogP contribution in [0.25, 0.3) is 0 Å². The van der Waals surface area contributed by atoms with Gasteiger partial charge in [-0.2, -0.15) is 0 Å². The molecule has 0 fully saturated rings. The number of benzene rings is 1. The molecule has 0 amide bonds. The number of rotatable bonds is 5. The SMILES string of the molecule is CCOC(=O)c1ccc(OC(=O)CC)c(OC)c1. The average molecular weight is 252 g/mol. The maximum atomic E-state index is 11.5. The largest absolute Gasteiger partial charge is 0.493 e. The van der Waals surface area contributed by atoms with E-state index in [0.717, 1.165) is 0 Å². The van der Waals surface area contributed by atoms with Gasteiger partial charge in [-0.3, -0.25) is 4.79 Å². The minimum Gasteiger partial charge on any atom is -0.493 e. The highest BCUT2D eigenvalue weighted by Crippen LogP contribution is 2.28. The lowest BCUT2D eigenvalue weighted by molar-refractivity contribution is -0.134. The molecule has 1 aromatic rings. The number of methoxy groups -OCH3 is 1. The highest BCUT2D eigenvalue weighted by molar-refractivity contribution is 5.90. The number of carbonyl (C=O) groups excluding carboxylic acids is 2. The fraction of sp³-hybridized carbons (Fsp3) is 0.385. The first kappa shape index (κ1) is 14.0. The van der Waals surface area contributed by atoms with E-state index in [0.29, 0.717) is 17.9 Å². The fourth-order valence-electron chi connectivity index (χ4n) is 1.29. The lowest BCUT2D eigenvalue weighted by Gasteiger charge is -2.10. The Bertz CT molecular complexity index is 439. The monoisotopic (exact) mass is 252 g/mol. The van der Waals surface area contributed by atoms with Crippen LogP contribution in [0.5, 0.6) is 11.5 Å². The molecule has 5 nitrogen and oxygen atoms in total. The summed E-state index contributed by atoms with van der Waals surface area (Å²) in [7, 11) is 1.44. The van der Waals surface area contributed by atoms with Gasteiger partial charge >= 0.3 is 11.9 Å². The molecule has 0 aliphatic carbocycles. The lowest BCUT2D eigenvalue weighted by Crippen LogP contribution is -2.08. The van der Waals surface area contributed by atoms with E-state index in [1.54, 1.807) is 13.8 Å². The smallest absolute Gasteiger partial charge is 0.338 e. The Morgan fingerprint density at radius 1 is 1.17 bits per heavy atom. The lowest BCUT2D eigenvalue weighted by atomic mass is 10.2. The van der Waals surface area contributed by atoms with Crippen LogP contribution in [0.4, 0.5) is 0 Å². The second kappa shape index (κ2) is 6.64. The second-order valence-corrected chi connectivity index (χ2v) is 3.41. The molecule has 98 valence electrons. The summed E-state index contributed by atoms with van der Waals surface area (Å²) in [5, 5.41) is 0. The van der Waals surface area contributed by atoms with Gasteiger partial charge in [0.25, 0.3) is 0 Å². The summed E-state index contributed by atoms with van der Waals surface area (Å²) in [4.78, 5) is 22.7. The summed E-state index contributed by atoms with van der Waals surface area (Å²) in [5.41, 5.74) is 0.352. The molecule has 0 aliphatic heterocycles. The van der Waals surface area contributed by atoms with Crippen LogP contribution in [0.3, 0.4) is 0 Å². The van der Waals surface area contributed by atoms with Crippen LogP contribution in [0.15, 0.2) is 18.2 Å². The maximum Gasteiger partial charge on any atom is 0.338 e. The first-order chi connectivity index (χ1) is 8.62. The zero-order valence-corrected chi connectivity index (χ0v) is 10.7. The summed E-state index contributed by atoms with van der Waals surface area (Å²) in [5.74, 6) is -0.193. The standard InChI is InChI=1S/C13H16O5/c1-4-12(14)18-10-7-6-9(8-11(10)16-3)13(15)17-5-2/h6-8H,4-5H2,1-3H3. The zero-order chi connectivity index (χ0) is 13.5. The van der Waals surface area contributed by atoms with Gasteiger partial charge < -0.3 is 14.2 Å². The second-order valence-electron chi connectivity index (χ2n) is 3.41. The molecule has 0 N–H and O–H groups in total. The third kappa shape index (κ3) is 3.48. The van der Waals surface area contributed by atoms with Crippen molar-refractivity contribution >= 4 is 11.9 Å². The summed E-state index contributed by atoms with van der Waals surface area (Å²) >= 11 is 0. The Hall–Kier alpha value is -2.04. The third-order valence-electron chi connectivity index (χ3n) is 2.19. The highest BCUT2D eigenvalue weighted by Gasteiger charge is 2.13. The van der Waals surface area contributed by atoms with Crippen molar-refractivity contribution in [1.29, 1.82) is 0 Å². The molecule has 18 heavy (non-hydrogen) atoms. The predicted molar refractivity (Wildman–Crippen MR) is 64.9 cm³/mol. The Kier molecular flexibility index (Phi) is 5.17. The number of esters is 2. The van der Waals surface area contributed by atoms with Gasteiger partial charge in [0.1, 0.15) is 0 Å². The zero-order valence-electron chi connectivity index (χ0n) is 10.7. The summed E-state index contributed by atoms with van der Waals surface area (Å²) < 4.78 is 15.0. The van der Waals surface area contributed by atoms with Crippen molar-refractivity contribution in [2.75, 3.05) is 13.7 Å². The molecule has 0 saturated heterocycles. The summed E-state index contributed by atoms with van der Waals surface area (Å²) in [6, 6.07) is 4.52. The topological polar surface area (TPSA) is 61.8 Å². The molecule has 0 aromatic heterocycles. The Labute approximate surface area is 106 Å². The number of hydrogen-bond acceptors (Lipinski definition) is 5. The minimum atomic E-state index is -0.441. The van der Waals surface area contributed by atoms with Gasteiger partial charge in [-0.25, -0.2) is 4.79 Å². The maximum absolute atomic E-state index is 11.5. The Balaban J connectivity index is 2.96. The van der Waals surface area contributed by atoms with Crippen molar-refractivity contribution < 1.29 is 23.8 Å². The van der Waals surface area contributed by atoms with Gasteiger partial charge in [-0.15, -0.1) is 0 Å². The van der Waals surface area contributed by atoms with Gasteiger partial charge in [0.15, 0.2) is 11.5 Å². The van der Waals surface area contributed by atoms with Crippen molar-refractivity contribution in [1.82, 2.24) is 0 Å². The van der Waals surface area contributed by atoms with Crippen molar-refractivity contribution in [3.8, 4) is 11.5 Å². The van der Waals surface area contributed by atoms with Crippen molar-refractivity contribution in [3.05, 3.63) is 23.8 Å². The normalized spacial score (nSPS) is 9.72. The van der Waals surface area contributed by atoms with Crippen LogP contribution in [-0.2, 0) is 9.53 Å². The van der Waals surface area contributed by atoms with E-state index in [4.69, 9.17) is 14.2 Å². The van der Waals surface area contributed by atoms with Crippen LogP contribution in [-0.4, -0.2) is 25.7 Å². The van der Waals surface area contributed by atoms with Crippen molar-refractivity contribution in [2.24, 2.45) is 0 Å². The molecule has 0 heterocycles. The molecular formula is C13H16O5. The van der Waals surface area contributed by atoms with Gasteiger partial charge in [0, 0.05) is 6.42 Å². The van der Waals surface area contributed by atoms with E-state index in [2.05, 4.69) is 0 Å². The van der Waals surface area contributed by atoms with Gasteiger partial charge in [0.05, 0.1) is 19.3 Å². The molecular weight excluding hydrogens is 236 g/mol. The number of hydrogen-bond donors (Lipinski definition) is 0. The molecule has 0 aliphatic rings. The van der Waals surface area contributed by atoms with E-state index >= 15 is 0 Å². The third-order valence-corrected chi connectivity index (χ3v) is 2.19. The molecule has 0 spiro atoms. The van der Waals surface area contributed by atoms with Crippen LogP contribution in [0.1, 0.15) is 30.6 Å². The van der Waals surface area contributed by atoms with Crippen LogP contribution in [0, 0.1) is 0 Å². The fourth-order valence-corrected chi connectivity index (χ4v) is 1.29. The minimum absolute atomic E-state index is 0.267. The van der Waals surface area contributed by atoms with Crippen molar-refractivity contribution in [3.63, 3.8) is 0 Å². The van der Waals surface area contributed by atoms with E-state index in [1.807, 2.05) is 0 Å². The Morgan fingerprint density at radius 2 is 1.89 bits per heavy atom. The Morgan fingerprint density at radius 3 is 2.44 bits per heavy atom. The van der Waals surface area contributed by atoms with Gasteiger partial charge in [-0.05, 0) is 25.1 Å². The highest BCUT2D eigenvalue weighted by atomic mass is 16.6. The van der Waals surface area contributed by atoms with Crippen LogP contribution >= 0.6 is 0 Å². The molecule has 0 saturated carbocycles. The first-order valence-corrected chi connectivity index (χ1v) is 5.68. The van der Waals surface area contributed by atoms with E-state index < -0.39 is 5.97 Å². The molecule has 0 radical (unpaired) electrons. The van der Waals surface area contributed by atoms with E-state index in [-0.39, 0.29) is 18.1 Å². The van der Waals surface area contributed by atoms with Gasteiger partial charge in [0.2, 0.25) is 0 Å². The molecule has 1 rings (SSSR count). The van der Waals surface area contributed by atoms with Gasteiger partial charge in [-0.1, -0.05) is 6.92 Å². The molecule has 0 unspecified atom stereocenters. The number of ether oxygens (including phenoxy) is 3. The van der Waals surface area contributed by atoms with E-state index in [1.165, 1.54) is 25.3 Å². The molecule has 0 atom stereocenters. The summed E-state index contributed by atoms with van der Waals surface area (Å²) in [6.45, 7) is 3.72. The first-order valence-electron chi connectivity index (χ1n) is 5.68.